The molecule has 0 aromatic carbocycles. The van der Waals surface area contributed by atoms with Crippen molar-refractivity contribution in [3.63, 3.8) is 0 Å². The van der Waals surface area contributed by atoms with Gasteiger partial charge in [-0.1, -0.05) is 13.8 Å². The fourth-order valence-corrected chi connectivity index (χ4v) is 1.86. The molecule has 1 heterocycles. The van der Waals surface area contributed by atoms with E-state index in [0.717, 1.165) is 0 Å². The van der Waals surface area contributed by atoms with Crippen molar-refractivity contribution in [1.82, 2.24) is 9.97 Å². The Morgan fingerprint density at radius 2 is 2.30 bits per heavy atom. The number of nitrogens with one attached hydrogen (secondary N) is 1. The topological polar surface area (TPSA) is 28.7 Å². The summed E-state index contributed by atoms with van der Waals surface area (Å²) in [6.45, 7) is 4.49. The Morgan fingerprint density at radius 1 is 1.50 bits per heavy atom. The first-order valence-corrected chi connectivity index (χ1v) is 3.82. The van der Waals surface area contributed by atoms with Gasteiger partial charge in [-0.2, -0.15) is 0 Å². The second-order valence-corrected chi connectivity index (χ2v) is 3.24. The maximum atomic E-state index is 4.27. The van der Waals surface area contributed by atoms with E-state index in [-0.39, 0.29) is 0 Å². The molecule has 54 valence electrons. The van der Waals surface area contributed by atoms with Gasteiger partial charge in [-0.05, 0) is 12.3 Å². The molecule has 2 atom stereocenters. The molecule has 1 aromatic heterocycles. The van der Waals surface area contributed by atoms with Crippen molar-refractivity contribution in [2.24, 2.45) is 0 Å². The van der Waals surface area contributed by atoms with Crippen LogP contribution < -0.4 is 0 Å². The fraction of sp³-hybridized carbons (Fsp3) is 0.625. The van der Waals surface area contributed by atoms with Crippen LogP contribution in [0.3, 0.4) is 0 Å². The molecule has 0 spiro atoms. The van der Waals surface area contributed by atoms with Crippen molar-refractivity contribution in [1.29, 1.82) is 0 Å². The van der Waals surface area contributed by atoms with Gasteiger partial charge in [0.15, 0.2) is 0 Å². The molecule has 1 aliphatic carbocycles. The lowest BCUT2D eigenvalue weighted by atomic mass is 10.1. The second-order valence-electron chi connectivity index (χ2n) is 3.24. The van der Waals surface area contributed by atoms with Gasteiger partial charge in [0.25, 0.3) is 0 Å². The zero-order chi connectivity index (χ0) is 7.14. The summed E-state index contributed by atoms with van der Waals surface area (Å²) < 4.78 is 0. The molecule has 10 heavy (non-hydrogen) atoms. The van der Waals surface area contributed by atoms with Gasteiger partial charge in [0.2, 0.25) is 0 Å². The van der Waals surface area contributed by atoms with E-state index in [4.69, 9.17) is 0 Å². The molecule has 2 nitrogen and oxygen atoms in total. The Labute approximate surface area is 60.7 Å². The van der Waals surface area contributed by atoms with E-state index in [2.05, 4.69) is 23.8 Å². The summed E-state index contributed by atoms with van der Waals surface area (Å²) in [6.07, 6.45) is 3.06. The maximum absolute atomic E-state index is 4.27. The number of hydrogen-bond donors (Lipinski definition) is 1. The van der Waals surface area contributed by atoms with Crippen molar-refractivity contribution >= 4 is 0 Å². The molecule has 0 saturated carbocycles. The van der Waals surface area contributed by atoms with Gasteiger partial charge >= 0.3 is 0 Å². The van der Waals surface area contributed by atoms with Crippen LogP contribution in [0.1, 0.15) is 43.5 Å². The van der Waals surface area contributed by atoms with E-state index in [1.807, 2.05) is 0 Å². The third kappa shape index (κ3) is 0.618. The third-order valence-corrected chi connectivity index (χ3v) is 2.37. The first kappa shape index (κ1) is 5.96. The van der Waals surface area contributed by atoms with E-state index >= 15 is 0 Å². The monoisotopic (exact) mass is 136 g/mol. The highest BCUT2D eigenvalue weighted by atomic mass is 14.9. The number of rotatable bonds is 0. The number of H-pyrrole nitrogens is 1. The molecule has 2 heteroatoms. The lowest BCUT2D eigenvalue weighted by molar-refractivity contribution is 0.644. The highest BCUT2D eigenvalue weighted by molar-refractivity contribution is 5.25. The molecule has 0 bridgehead atoms. The van der Waals surface area contributed by atoms with E-state index < -0.39 is 0 Å². The zero-order valence-corrected chi connectivity index (χ0v) is 6.39. The molecule has 1 N–H and O–H groups in total. The van der Waals surface area contributed by atoms with Crippen LogP contribution >= 0.6 is 0 Å². The van der Waals surface area contributed by atoms with Gasteiger partial charge in [0, 0.05) is 11.6 Å². The van der Waals surface area contributed by atoms with Gasteiger partial charge in [-0.3, -0.25) is 0 Å². The molecule has 0 radical (unpaired) electrons. The van der Waals surface area contributed by atoms with E-state index in [1.54, 1.807) is 6.33 Å². The number of aromatic amines is 1. The smallest absolute Gasteiger partial charge is 0.0925 e. The summed E-state index contributed by atoms with van der Waals surface area (Å²) >= 11 is 0. The predicted molar refractivity (Wildman–Crippen MR) is 40.0 cm³/mol. The molecule has 2 rings (SSSR count). The van der Waals surface area contributed by atoms with Gasteiger partial charge in [-0.25, -0.2) is 4.98 Å². The first-order valence-electron chi connectivity index (χ1n) is 3.82. The molecule has 0 aliphatic heterocycles. The highest BCUT2D eigenvalue weighted by Crippen LogP contribution is 2.38. The van der Waals surface area contributed by atoms with E-state index in [1.165, 1.54) is 17.8 Å². The zero-order valence-electron chi connectivity index (χ0n) is 6.39. The SMILES string of the molecule is CC1CC(C)c2[nH]cnc21. The molecule has 0 fully saturated rings. The largest absolute Gasteiger partial charge is 0.348 e. The van der Waals surface area contributed by atoms with Gasteiger partial charge in [0.05, 0.1) is 12.0 Å². The summed E-state index contributed by atoms with van der Waals surface area (Å²) in [6, 6.07) is 0. The average Bonchev–Trinajstić information content (AvgIpc) is 2.39. The summed E-state index contributed by atoms with van der Waals surface area (Å²) in [5.41, 5.74) is 2.64. The van der Waals surface area contributed by atoms with Gasteiger partial charge in [-0.15, -0.1) is 0 Å². The minimum atomic E-state index is 0.663. The molecular formula is C8H12N2. The van der Waals surface area contributed by atoms with Crippen molar-refractivity contribution in [3.05, 3.63) is 17.7 Å². The molecule has 2 unspecified atom stereocenters. The Morgan fingerprint density at radius 3 is 3.00 bits per heavy atom. The number of imidazole rings is 1. The van der Waals surface area contributed by atoms with E-state index in [0.29, 0.717) is 11.8 Å². The Hall–Kier alpha value is -0.790. The van der Waals surface area contributed by atoms with Crippen LogP contribution in [0.5, 0.6) is 0 Å². The molecule has 0 saturated heterocycles. The van der Waals surface area contributed by atoms with E-state index in [9.17, 15) is 0 Å². The Balaban J connectivity index is 2.48. The van der Waals surface area contributed by atoms with Crippen LogP contribution in [0.15, 0.2) is 6.33 Å². The second kappa shape index (κ2) is 1.84. The summed E-state index contributed by atoms with van der Waals surface area (Å²) in [5, 5.41) is 0. The van der Waals surface area contributed by atoms with Crippen LogP contribution in [0.25, 0.3) is 0 Å². The Bertz CT molecular complexity index is 217. The molecule has 1 aromatic rings. The van der Waals surface area contributed by atoms with Crippen LogP contribution in [-0.2, 0) is 0 Å². The summed E-state index contributed by atoms with van der Waals surface area (Å²) in [4.78, 5) is 7.46. The Kier molecular flexibility index (Phi) is 1.10. The standard InChI is InChI=1S/C8H12N2/c1-5-3-6(2)8-7(5)9-4-10-8/h4-6H,3H2,1-2H3,(H,9,10). The van der Waals surface area contributed by atoms with Crippen molar-refractivity contribution in [3.8, 4) is 0 Å². The predicted octanol–water partition coefficient (Wildman–Crippen LogP) is 2.02. The average molecular weight is 136 g/mol. The number of nitrogens with zero attached hydrogens (tertiary/aromatic N) is 1. The van der Waals surface area contributed by atoms with Crippen molar-refractivity contribution in [2.45, 2.75) is 32.1 Å². The molecular weight excluding hydrogens is 124 g/mol. The number of fused-ring (bicyclic) bond motifs is 1. The quantitative estimate of drug-likeness (QED) is 0.580. The molecule has 0 amide bonds. The lowest BCUT2D eigenvalue weighted by Gasteiger charge is -1.99. The summed E-state index contributed by atoms with van der Waals surface area (Å²) in [5.74, 6) is 1.35. The van der Waals surface area contributed by atoms with Crippen molar-refractivity contribution in [2.75, 3.05) is 0 Å². The first-order chi connectivity index (χ1) is 4.79. The normalized spacial score (nSPS) is 30.6. The third-order valence-electron chi connectivity index (χ3n) is 2.37. The van der Waals surface area contributed by atoms with Crippen LogP contribution in [0, 0.1) is 0 Å². The lowest BCUT2D eigenvalue weighted by Crippen LogP contribution is -1.86. The molecule has 1 aliphatic rings. The van der Waals surface area contributed by atoms with Crippen LogP contribution in [-0.4, -0.2) is 9.97 Å². The van der Waals surface area contributed by atoms with Crippen LogP contribution in [0.2, 0.25) is 0 Å². The summed E-state index contributed by atoms with van der Waals surface area (Å²) in [7, 11) is 0. The number of hydrogen-bond acceptors (Lipinski definition) is 1. The fourth-order valence-electron chi connectivity index (χ4n) is 1.86. The van der Waals surface area contributed by atoms with Crippen molar-refractivity contribution < 1.29 is 0 Å². The van der Waals surface area contributed by atoms with Gasteiger partial charge in [0.1, 0.15) is 0 Å². The van der Waals surface area contributed by atoms with Gasteiger partial charge < -0.3 is 4.98 Å². The maximum Gasteiger partial charge on any atom is 0.0925 e. The number of aromatic nitrogens is 2. The minimum absolute atomic E-state index is 0.663. The highest BCUT2D eigenvalue weighted by Gasteiger charge is 2.26. The van der Waals surface area contributed by atoms with Crippen LogP contribution in [0.4, 0.5) is 0 Å². The minimum Gasteiger partial charge on any atom is -0.348 e.